The number of nitriles is 1. The van der Waals surface area contributed by atoms with Gasteiger partial charge >= 0.3 is 0 Å². The maximum atomic E-state index is 11.0. The molecule has 0 radical (unpaired) electrons. The van der Waals surface area contributed by atoms with E-state index in [0.717, 1.165) is 44.0 Å². The number of rotatable bonds is 4. The first-order valence-corrected chi connectivity index (χ1v) is 11.0. The smallest absolute Gasteiger partial charge is 0.135 e. The molecule has 7 heteroatoms. The molecule has 1 unspecified atom stereocenters. The maximum Gasteiger partial charge on any atom is 0.135 e. The highest BCUT2D eigenvalue weighted by molar-refractivity contribution is 5.61. The van der Waals surface area contributed by atoms with Crippen LogP contribution in [0.4, 0.5) is 17.3 Å². The molecule has 0 amide bonds. The molecule has 0 spiro atoms. The fraction of sp³-hybridized carbons (Fsp3) is 0.320. The van der Waals surface area contributed by atoms with Crippen molar-refractivity contribution in [2.75, 3.05) is 29.9 Å². The van der Waals surface area contributed by atoms with Crippen LogP contribution in [0.2, 0.25) is 0 Å². The van der Waals surface area contributed by atoms with E-state index in [0.29, 0.717) is 17.9 Å². The summed E-state index contributed by atoms with van der Waals surface area (Å²) in [5.41, 5.74) is 4.20. The summed E-state index contributed by atoms with van der Waals surface area (Å²) in [6.45, 7) is 3.27. The van der Waals surface area contributed by atoms with Gasteiger partial charge in [-0.2, -0.15) is 5.26 Å². The predicted octanol–water partition coefficient (Wildman–Crippen LogP) is 3.09. The van der Waals surface area contributed by atoms with Gasteiger partial charge < -0.3 is 15.3 Å². The van der Waals surface area contributed by atoms with Gasteiger partial charge in [-0.25, -0.2) is 9.97 Å². The number of aromatic nitrogens is 2. The van der Waals surface area contributed by atoms with E-state index in [9.17, 15) is 5.11 Å². The standard InChI is InChI=1S/C25H26N6O/c26-14-18-4-3-7-21(12-18)29-24-13-25(28-17-27-24)31-11-9-22(23(32)16-31)30-10-8-19-5-1-2-6-20(19)15-30/h1-7,12-13,17,22-23,32H,8-11,15-16H2,(H,27,28,29)/t22?,23-/m0/s1. The second kappa shape index (κ2) is 8.95. The van der Waals surface area contributed by atoms with Gasteiger partial charge in [0.15, 0.2) is 0 Å². The lowest BCUT2D eigenvalue weighted by Gasteiger charge is -2.43. The average Bonchev–Trinajstić information content (AvgIpc) is 2.84. The quantitative estimate of drug-likeness (QED) is 0.663. The first kappa shape index (κ1) is 20.4. The molecule has 2 aromatic carbocycles. The normalized spacial score (nSPS) is 20.9. The summed E-state index contributed by atoms with van der Waals surface area (Å²) in [6.07, 6.45) is 3.02. The maximum absolute atomic E-state index is 11.0. The molecule has 0 saturated carbocycles. The van der Waals surface area contributed by atoms with E-state index in [-0.39, 0.29) is 6.04 Å². The van der Waals surface area contributed by atoms with Crippen LogP contribution in [0.25, 0.3) is 0 Å². The summed E-state index contributed by atoms with van der Waals surface area (Å²) < 4.78 is 0. The Morgan fingerprint density at radius 3 is 2.75 bits per heavy atom. The molecule has 1 saturated heterocycles. The van der Waals surface area contributed by atoms with Crippen molar-refractivity contribution >= 4 is 17.3 Å². The molecule has 2 N–H and O–H groups in total. The van der Waals surface area contributed by atoms with Crippen molar-refractivity contribution in [2.45, 2.75) is 31.5 Å². The van der Waals surface area contributed by atoms with E-state index in [1.54, 1.807) is 12.1 Å². The van der Waals surface area contributed by atoms with Crippen molar-refractivity contribution in [1.82, 2.24) is 14.9 Å². The molecule has 7 nitrogen and oxygen atoms in total. The SMILES string of the molecule is N#Cc1cccc(Nc2cc(N3CCC(N4CCc5ccccc5C4)[C@@H](O)C3)ncn2)c1. The molecule has 0 bridgehead atoms. The summed E-state index contributed by atoms with van der Waals surface area (Å²) in [4.78, 5) is 13.3. The molecule has 1 fully saturated rings. The van der Waals surface area contributed by atoms with Crippen LogP contribution in [0, 0.1) is 11.3 Å². The molecule has 3 heterocycles. The first-order chi connectivity index (χ1) is 15.7. The van der Waals surface area contributed by atoms with Crippen LogP contribution in [-0.2, 0) is 13.0 Å². The first-order valence-electron chi connectivity index (χ1n) is 11.0. The lowest BCUT2D eigenvalue weighted by atomic mass is 9.94. The zero-order valence-corrected chi connectivity index (χ0v) is 17.9. The van der Waals surface area contributed by atoms with E-state index in [1.165, 1.54) is 17.5 Å². The van der Waals surface area contributed by atoms with Gasteiger partial charge in [-0.15, -0.1) is 0 Å². The van der Waals surface area contributed by atoms with Crippen LogP contribution < -0.4 is 10.2 Å². The highest BCUT2D eigenvalue weighted by atomic mass is 16.3. The van der Waals surface area contributed by atoms with Gasteiger partial charge in [-0.3, -0.25) is 4.90 Å². The molecule has 3 aromatic rings. The number of fused-ring (bicyclic) bond motifs is 1. The summed E-state index contributed by atoms with van der Waals surface area (Å²) in [5.74, 6) is 1.45. The molecule has 2 aliphatic heterocycles. The van der Waals surface area contributed by atoms with E-state index >= 15 is 0 Å². The van der Waals surface area contributed by atoms with Gasteiger partial charge in [0.05, 0.1) is 17.7 Å². The number of aliphatic hydroxyl groups excluding tert-OH is 1. The minimum atomic E-state index is -0.437. The Bertz CT molecular complexity index is 1140. The number of hydrogen-bond acceptors (Lipinski definition) is 7. The number of nitrogens with one attached hydrogen (secondary N) is 1. The topological polar surface area (TPSA) is 88.3 Å². The second-order valence-electron chi connectivity index (χ2n) is 8.44. The van der Waals surface area contributed by atoms with Gasteiger partial charge in [0, 0.05) is 44.0 Å². The molecular formula is C25H26N6O. The van der Waals surface area contributed by atoms with Crippen molar-refractivity contribution in [2.24, 2.45) is 0 Å². The van der Waals surface area contributed by atoms with E-state index < -0.39 is 6.10 Å². The number of piperidine rings is 1. The third-order valence-corrected chi connectivity index (χ3v) is 6.42. The highest BCUT2D eigenvalue weighted by Gasteiger charge is 2.34. The predicted molar refractivity (Wildman–Crippen MR) is 124 cm³/mol. The van der Waals surface area contributed by atoms with Crippen LogP contribution in [0.15, 0.2) is 60.9 Å². The third-order valence-electron chi connectivity index (χ3n) is 6.42. The largest absolute Gasteiger partial charge is 0.390 e. The van der Waals surface area contributed by atoms with Gasteiger partial charge in [0.1, 0.15) is 18.0 Å². The molecule has 0 aliphatic carbocycles. The van der Waals surface area contributed by atoms with Crippen LogP contribution in [0.5, 0.6) is 0 Å². The lowest BCUT2D eigenvalue weighted by molar-refractivity contribution is 0.0293. The Balaban J connectivity index is 1.25. The summed E-state index contributed by atoms with van der Waals surface area (Å²) in [5, 5.41) is 23.3. The Morgan fingerprint density at radius 1 is 1.03 bits per heavy atom. The summed E-state index contributed by atoms with van der Waals surface area (Å²) in [7, 11) is 0. The number of benzene rings is 2. The number of β-amino-alcohol motifs (C(OH)–C–C–N with tert-alkyl or cyclic N) is 1. The number of anilines is 3. The molecule has 32 heavy (non-hydrogen) atoms. The van der Waals surface area contributed by atoms with Gasteiger partial charge in [0.2, 0.25) is 0 Å². The van der Waals surface area contributed by atoms with Gasteiger partial charge in [-0.05, 0) is 42.2 Å². The molecular weight excluding hydrogens is 400 g/mol. The minimum absolute atomic E-state index is 0.160. The minimum Gasteiger partial charge on any atom is -0.390 e. The zero-order valence-electron chi connectivity index (χ0n) is 17.9. The average molecular weight is 427 g/mol. The Morgan fingerprint density at radius 2 is 1.91 bits per heavy atom. The Hall–Kier alpha value is -3.47. The molecule has 2 atom stereocenters. The number of aliphatic hydroxyl groups is 1. The van der Waals surface area contributed by atoms with E-state index in [1.807, 2.05) is 18.2 Å². The Labute approximate surface area is 188 Å². The van der Waals surface area contributed by atoms with E-state index in [4.69, 9.17) is 5.26 Å². The van der Waals surface area contributed by atoms with Crippen molar-refractivity contribution in [1.29, 1.82) is 5.26 Å². The van der Waals surface area contributed by atoms with Crippen LogP contribution >= 0.6 is 0 Å². The Kier molecular flexibility index (Phi) is 5.71. The summed E-state index contributed by atoms with van der Waals surface area (Å²) in [6, 6.07) is 20.1. The van der Waals surface area contributed by atoms with Crippen LogP contribution in [0.1, 0.15) is 23.1 Å². The van der Waals surface area contributed by atoms with Gasteiger partial charge in [-0.1, -0.05) is 30.3 Å². The third kappa shape index (κ3) is 4.28. The highest BCUT2D eigenvalue weighted by Crippen LogP contribution is 2.27. The van der Waals surface area contributed by atoms with Gasteiger partial charge in [0.25, 0.3) is 0 Å². The second-order valence-corrected chi connectivity index (χ2v) is 8.44. The van der Waals surface area contributed by atoms with Crippen molar-refractivity contribution < 1.29 is 5.11 Å². The molecule has 2 aliphatic rings. The molecule has 162 valence electrons. The monoisotopic (exact) mass is 426 g/mol. The van der Waals surface area contributed by atoms with Crippen LogP contribution in [0.3, 0.4) is 0 Å². The fourth-order valence-corrected chi connectivity index (χ4v) is 4.76. The van der Waals surface area contributed by atoms with Crippen molar-refractivity contribution in [3.8, 4) is 6.07 Å². The van der Waals surface area contributed by atoms with Crippen molar-refractivity contribution in [3.05, 3.63) is 77.6 Å². The number of hydrogen-bond donors (Lipinski definition) is 2. The lowest BCUT2D eigenvalue weighted by Crippen LogP contribution is -2.55. The number of nitrogens with zero attached hydrogens (tertiary/aromatic N) is 5. The van der Waals surface area contributed by atoms with Crippen LogP contribution in [-0.4, -0.2) is 51.8 Å². The zero-order chi connectivity index (χ0) is 21.9. The molecule has 5 rings (SSSR count). The van der Waals surface area contributed by atoms with E-state index in [2.05, 4.69) is 55.4 Å². The van der Waals surface area contributed by atoms with Crippen molar-refractivity contribution in [3.63, 3.8) is 0 Å². The molecule has 1 aromatic heterocycles. The fourth-order valence-electron chi connectivity index (χ4n) is 4.76. The summed E-state index contributed by atoms with van der Waals surface area (Å²) >= 11 is 0.